The first-order valence-electron chi connectivity index (χ1n) is 6.48. The lowest BCUT2D eigenvalue weighted by atomic mass is 10.2. The second-order valence-electron chi connectivity index (χ2n) is 4.79. The summed E-state index contributed by atoms with van der Waals surface area (Å²) in [5, 5.41) is 11.2. The van der Waals surface area contributed by atoms with Gasteiger partial charge in [0, 0.05) is 32.2 Å². The molecule has 6 nitrogen and oxygen atoms in total. The zero-order chi connectivity index (χ0) is 13.7. The smallest absolute Gasteiger partial charge is 0.325 e. The van der Waals surface area contributed by atoms with Crippen molar-refractivity contribution in [1.29, 1.82) is 0 Å². The highest BCUT2D eigenvalue weighted by Gasteiger charge is 2.25. The van der Waals surface area contributed by atoms with Crippen LogP contribution in [0.5, 0.6) is 0 Å². The minimum Gasteiger partial charge on any atom is -0.480 e. The zero-order valence-corrected chi connectivity index (χ0v) is 11.3. The fraction of sp³-hybridized carbons (Fsp3) is 0.833. The third kappa shape index (κ3) is 3.87. The topological polar surface area (TPSA) is 72.9 Å². The first-order chi connectivity index (χ1) is 8.45. The number of nitrogens with zero attached hydrogens (tertiary/aromatic N) is 2. The minimum absolute atomic E-state index is 0.284. The molecule has 0 spiro atoms. The van der Waals surface area contributed by atoms with Gasteiger partial charge in [0.05, 0.1) is 0 Å². The van der Waals surface area contributed by atoms with E-state index < -0.39 is 12.0 Å². The van der Waals surface area contributed by atoms with E-state index in [1.807, 2.05) is 0 Å². The van der Waals surface area contributed by atoms with Crippen molar-refractivity contribution in [3.63, 3.8) is 0 Å². The molecular weight excluding hydrogens is 234 g/mol. The van der Waals surface area contributed by atoms with Gasteiger partial charge in [-0.15, -0.1) is 0 Å². The first kappa shape index (κ1) is 14.8. The van der Waals surface area contributed by atoms with Crippen molar-refractivity contribution >= 4 is 12.0 Å². The van der Waals surface area contributed by atoms with Crippen LogP contribution >= 0.6 is 0 Å². The molecule has 0 aromatic carbocycles. The number of carboxylic acid groups (broad SMARTS) is 1. The molecule has 1 aliphatic heterocycles. The molecule has 0 bridgehead atoms. The Hall–Kier alpha value is -1.30. The Bertz CT molecular complexity index is 301. The number of nitrogens with one attached hydrogen (secondary N) is 1. The molecule has 104 valence electrons. The Balaban J connectivity index is 2.38. The van der Waals surface area contributed by atoms with E-state index in [0.29, 0.717) is 19.1 Å². The van der Waals surface area contributed by atoms with Gasteiger partial charge in [0.2, 0.25) is 0 Å². The molecule has 0 aromatic rings. The van der Waals surface area contributed by atoms with Crippen LogP contribution < -0.4 is 5.32 Å². The van der Waals surface area contributed by atoms with Crippen LogP contribution in [0, 0.1) is 0 Å². The highest BCUT2D eigenvalue weighted by atomic mass is 16.4. The van der Waals surface area contributed by atoms with Crippen LogP contribution in [0.25, 0.3) is 0 Å². The van der Waals surface area contributed by atoms with E-state index in [0.717, 1.165) is 19.5 Å². The second kappa shape index (κ2) is 6.58. The molecule has 0 aliphatic carbocycles. The molecule has 2 amide bonds. The number of carbonyl (C=O) groups is 2. The van der Waals surface area contributed by atoms with Crippen LogP contribution in [-0.2, 0) is 4.79 Å². The van der Waals surface area contributed by atoms with Crippen molar-refractivity contribution < 1.29 is 14.7 Å². The predicted molar refractivity (Wildman–Crippen MR) is 68.5 cm³/mol. The number of rotatable bonds is 4. The van der Waals surface area contributed by atoms with E-state index in [4.69, 9.17) is 5.11 Å². The molecule has 1 unspecified atom stereocenters. The van der Waals surface area contributed by atoms with Gasteiger partial charge in [-0.25, -0.2) is 4.79 Å². The Morgan fingerprint density at radius 3 is 2.22 bits per heavy atom. The Morgan fingerprint density at radius 1 is 1.22 bits per heavy atom. The van der Waals surface area contributed by atoms with Crippen molar-refractivity contribution in [3.8, 4) is 0 Å². The largest absolute Gasteiger partial charge is 0.480 e. The van der Waals surface area contributed by atoms with Gasteiger partial charge in [0.25, 0.3) is 0 Å². The van der Waals surface area contributed by atoms with E-state index in [1.54, 1.807) is 4.90 Å². The average molecular weight is 257 g/mol. The van der Waals surface area contributed by atoms with E-state index >= 15 is 0 Å². The lowest BCUT2D eigenvalue weighted by Crippen LogP contribution is -2.55. The van der Waals surface area contributed by atoms with Crippen molar-refractivity contribution in [2.75, 3.05) is 26.2 Å². The molecule has 2 atom stereocenters. The summed E-state index contributed by atoms with van der Waals surface area (Å²) in [7, 11) is 0. The molecule has 0 radical (unpaired) electrons. The van der Waals surface area contributed by atoms with Crippen LogP contribution in [-0.4, -0.2) is 65.2 Å². The average Bonchev–Trinajstić information content (AvgIpc) is 2.37. The van der Waals surface area contributed by atoms with Crippen molar-refractivity contribution in [2.45, 2.75) is 39.3 Å². The normalized spacial score (nSPS) is 20.3. The number of piperazine rings is 1. The third-order valence-corrected chi connectivity index (χ3v) is 3.53. The quantitative estimate of drug-likeness (QED) is 0.773. The molecule has 2 N–H and O–H groups in total. The van der Waals surface area contributed by atoms with E-state index in [1.165, 1.54) is 6.92 Å². The molecule has 1 fully saturated rings. The van der Waals surface area contributed by atoms with Crippen LogP contribution in [0.3, 0.4) is 0 Å². The number of carbonyl (C=O) groups excluding carboxylic acids is 1. The summed E-state index contributed by atoms with van der Waals surface area (Å²) in [4.78, 5) is 26.5. The van der Waals surface area contributed by atoms with Gasteiger partial charge >= 0.3 is 12.0 Å². The molecule has 0 saturated carbocycles. The Labute approximate surface area is 108 Å². The van der Waals surface area contributed by atoms with E-state index in [9.17, 15) is 9.59 Å². The lowest BCUT2D eigenvalue weighted by molar-refractivity contribution is -0.138. The highest BCUT2D eigenvalue weighted by molar-refractivity contribution is 5.82. The fourth-order valence-electron chi connectivity index (χ4n) is 1.96. The molecule has 6 heteroatoms. The van der Waals surface area contributed by atoms with Gasteiger partial charge in [-0.1, -0.05) is 6.92 Å². The van der Waals surface area contributed by atoms with Crippen molar-refractivity contribution in [2.24, 2.45) is 0 Å². The SMILES string of the molecule is CCC(C)N1CCN(C(=O)N[C@H](C)C(=O)O)CC1. The zero-order valence-electron chi connectivity index (χ0n) is 11.3. The highest BCUT2D eigenvalue weighted by Crippen LogP contribution is 2.08. The lowest BCUT2D eigenvalue weighted by Gasteiger charge is -2.37. The van der Waals surface area contributed by atoms with Crippen LogP contribution in [0.4, 0.5) is 4.79 Å². The van der Waals surface area contributed by atoms with Crippen LogP contribution in [0.15, 0.2) is 0 Å². The summed E-state index contributed by atoms with van der Waals surface area (Å²) in [5.74, 6) is -1.01. The number of hydrogen-bond donors (Lipinski definition) is 2. The summed E-state index contributed by atoms with van der Waals surface area (Å²) < 4.78 is 0. The fourth-order valence-corrected chi connectivity index (χ4v) is 1.96. The summed E-state index contributed by atoms with van der Waals surface area (Å²) in [5.41, 5.74) is 0. The number of aliphatic carboxylic acids is 1. The summed E-state index contributed by atoms with van der Waals surface area (Å²) >= 11 is 0. The minimum atomic E-state index is -1.01. The van der Waals surface area contributed by atoms with E-state index in [-0.39, 0.29) is 6.03 Å². The van der Waals surface area contributed by atoms with Crippen molar-refractivity contribution in [3.05, 3.63) is 0 Å². The summed E-state index contributed by atoms with van der Waals surface area (Å²) in [6.45, 7) is 8.81. The molecule has 1 heterocycles. The van der Waals surface area contributed by atoms with Gasteiger partial charge in [0.1, 0.15) is 6.04 Å². The summed E-state index contributed by atoms with van der Waals surface area (Å²) in [6, 6.07) is -0.591. The molecule has 1 rings (SSSR count). The maximum absolute atomic E-state index is 11.8. The van der Waals surface area contributed by atoms with Crippen LogP contribution in [0.1, 0.15) is 27.2 Å². The standard InChI is InChI=1S/C12H23N3O3/c1-4-9(2)14-5-7-15(8-6-14)12(18)13-10(3)11(16)17/h9-10H,4-8H2,1-3H3,(H,13,18)(H,16,17)/t9?,10-/m1/s1. The molecule has 1 aliphatic rings. The Kier molecular flexibility index (Phi) is 5.40. The number of carboxylic acids is 1. The van der Waals surface area contributed by atoms with Gasteiger partial charge in [-0.05, 0) is 20.3 Å². The van der Waals surface area contributed by atoms with Gasteiger partial charge < -0.3 is 15.3 Å². The first-order valence-corrected chi connectivity index (χ1v) is 6.48. The monoisotopic (exact) mass is 257 g/mol. The third-order valence-electron chi connectivity index (χ3n) is 3.53. The maximum atomic E-state index is 11.8. The van der Waals surface area contributed by atoms with E-state index in [2.05, 4.69) is 24.1 Å². The number of amides is 2. The molecular formula is C12H23N3O3. The summed E-state index contributed by atoms with van der Waals surface area (Å²) in [6.07, 6.45) is 1.10. The maximum Gasteiger partial charge on any atom is 0.325 e. The number of hydrogen-bond acceptors (Lipinski definition) is 3. The number of urea groups is 1. The Morgan fingerprint density at radius 2 is 1.78 bits per heavy atom. The van der Waals surface area contributed by atoms with Gasteiger partial charge in [-0.2, -0.15) is 0 Å². The molecule has 1 saturated heterocycles. The molecule has 0 aromatic heterocycles. The van der Waals surface area contributed by atoms with Crippen molar-refractivity contribution in [1.82, 2.24) is 15.1 Å². The van der Waals surface area contributed by atoms with Gasteiger partial charge in [0.15, 0.2) is 0 Å². The molecule has 18 heavy (non-hydrogen) atoms. The van der Waals surface area contributed by atoms with Crippen LogP contribution in [0.2, 0.25) is 0 Å². The second-order valence-corrected chi connectivity index (χ2v) is 4.79. The predicted octanol–water partition coefficient (Wildman–Crippen LogP) is 0.585. The van der Waals surface area contributed by atoms with Gasteiger partial charge in [-0.3, -0.25) is 9.69 Å².